The summed E-state index contributed by atoms with van der Waals surface area (Å²) in [6, 6.07) is 11.2. The van der Waals surface area contributed by atoms with Crippen molar-refractivity contribution in [3.8, 4) is 21.9 Å². The zero-order chi connectivity index (χ0) is 25.4. The van der Waals surface area contributed by atoms with Crippen LogP contribution in [0.15, 0.2) is 52.7 Å². The van der Waals surface area contributed by atoms with Crippen molar-refractivity contribution in [1.29, 1.82) is 0 Å². The van der Waals surface area contributed by atoms with E-state index in [4.69, 9.17) is 21.1 Å². The first-order chi connectivity index (χ1) is 16.5. The van der Waals surface area contributed by atoms with Gasteiger partial charge in [-0.1, -0.05) is 23.7 Å². The number of halogens is 4. The first-order valence-electron chi connectivity index (χ1n) is 10.5. The summed E-state index contributed by atoms with van der Waals surface area (Å²) in [4.78, 5) is 2.47. The highest BCUT2D eigenvalue weighted by Crippen LogP contribution is 2.41. The lowest BCUT2D eigenvalue weighted by Crippen LogP contribution is -2.23. The van der Waals surface area contributed by atoms with Crippen molar-refractivity contribution >= 4 is 38.6 Å². The summed E-state index contributed by atoms with van der Waals surface area (Å²) in [5.41, 5.74) is -0.339. The van der Waals surface area contributed by atoms with Crippen molar-refractivity contribution in [3.63, 3.8) is 0 Å². The Morgan fingerprint density at radius 3 is 2.60 bits per heavy atom. The molecule has 188 valence electrons. The number of alkyl halides is 3. The van der Waals surface area contributed by atoms with Gasteiger partial charge in [0.05, 0.1) is 28.3 Å². The normalized spacial score (nSPS) is 16.9. The minimum atomic E-state index is -4.65. The van der Waals surface area contributed by atoms with Gasteiger partial charge in [0.25, 0.3) is 10.0 Å². The third-order valence-electron chi connectivity index (χ3n) is 5.44. The summed E-state index contributed by atoms with van der Waals surface area (Å²) < 4.78 is 79.8. The van der Waals surface area contributed by atoms with E-state index < -0.39 is 33.6 Å². The van der Waals surface area contributed by atoms with Crippen molar-refractivity contribution in [1.82, 2.24) is 4.90 Å². The van der Waals surface area contributed by atoms with Gasteiger partial charge in [0.2, 0.25) is 0 Å². The Bertz CT molecular complexity index is 1330. The lowest BCUT2D eigenvalue weighted by molar-refractivity contribution is -0.139. The van der Waals surface area contributed by atoms with Crippen LogP contribution in [-0.4, -0.2) is 46.7 Å². The molecule has 0 radical (unpaired) electrons. The quantitative estimate of drug-likeness (QED) is 0.395. The fourth-order valence-corrected chi connectivity index (χ4v) is 6.60. The SMILES string of the molecule is COc1cccc(-c2sc(S(=O)(=O)Nc3ccc(C(F)(F)F)c(O[C@@H]4CCN(C)C4)c3)cc2Cl)c1. The number of sulfonamides is 1. The number of nitrogens with zero attached hydrogens (tertiary/aromatic N) is 1. The average molecular weight is 547 g/mol. The molecule has 0 spiro atoms. The predicted octanol–water partition coefficient (Wildman–Crippen LogP) is 5.98. The molecule has 0 unspecified atom stereocenters. The lowest BCUT2D eigenvalue weighted by Gasteiger charge is -2.19. The molecule has 1 aromatic heterocycles. The van der Waals surface area contributed by atoms with Crippen LogP contribution in [0.25, 0.3) is 10.4 Å². The van der Waals surface area contributed by atoms with Gasteiger partial charge in [0.15, 0.2) is 0 Å². The van der Waals surface area contributed by atoms with Gasteiger partial charge in [-0.25, -0.2) is 8.42 Å². The number of hydrogen-bond donors (Lipinski definition) is 1. The second-order valence-corrected chi connectivity index (χ2v) is 11.4. The van der Waals surface area contributed by atoms with Gasteiger partial charge in [-0.3, -0.25) is 4.72 Å². The van der Waals surface area contributed by atoms with Crippen LogP contribution in [0.3, 0.4) is 0 Å². The average Bonchev–Trinajstić information content (AvgIpc) is 3.38. The molecule has 12 heteroatoms. The first-order valence-corrected chi connectivity index (χ1v) is 13.2. The molecular weight excluding hydrogens is 525 g/mol. The number of anilines is 1. The van der Waals surface area contributed by atoms with Gasteiger partial charge < -0.3 is 14.4 Å². The van der Waals surface area contributed by atoms with Crippen LogP contribution in [0, 0.1) is 0 Å². The van der Waals surface area contributed by atoms with Gasteiger partial charge in [-0.15, -0.1) is 11.3 Å². The van der Waals surface area contributed by atoms with E-state index in [1.165, 1.54) is 13.2 Å². The summed E-state index contributed by atoms with van der Waals surface area (Å²) in [5.74, 6) is 0.166. The van der Waals surface area contributed by atoms with Crippen molar-refractivity contribution in [2.45, 2.75) is 22.9 Å². The molecule has 1 aliphatic heterocycles. The maximum Gasteiger partial charge on any atom is 0.419 e. The van der Waals surface area contributed by atoms with Crippen LogP contribution >= 0.6 is 22.9 Å². The molecule has 1 saturated heterocycles. The van der Waals surface area contributed by atoms with Crippen LogP contribution in [0.2, 0.25) is 5.02 Å². The Labute approximate surface area is 210 Å². The second-order valence-electron chi connectivity index (χ2n) is 8.08. The molecular formula is C23H22ClF3N2O4S2. The second kappa shape index (κ2) is 9.88. The third kappa shape index (κ3) is 5.85. The highest BCUT2D eigenvalue weighted by molar-refractivity contribution is 7.94. The summed E-state index contributed by atoms with van der Waals surface area (Å²) >= 11 is 7.26. The molecule has 0 amide bonds. The van der Waals surface area contributed by atoms with Crippen LogP contribution in [0.4, 0.5) is 18.9 Å². The van der Waals surface area contributed by atoms with E-state index in [0.29, 0.717) is 35.7 Å². The van der Waals surface area contributed by atoms with Gasteiger partial charge >= 0.3 is 6.18 Å². The number of thiophene rings is 1. The summed E-state index contributed by atoms with van der Waals surface area (Å²) in [7, 11) is -0.764. The van der Waals surface area contributed by atoms with E-state index in [2.05, 4.69) is 4.72 Å². The fraction of sp³-hybridized carbons (Fsp3) is 0.304. The van der Waals surface area contributed by atoms with Gasteiger partial charge in [-0.05, 0) is 49.4 Å². The third-order valence-corrected chi connectivity index (χ3v) is 8.89. The fourth-order valence-electron chi connectivity index (χ4n) is 3.73. The van der Waals surface area contributed by atoms with Crippen LogP contribution in [-0.2, 0) is 16.2 Å². The molecule has 4 rings (SSSR count). The molecule has 35 heavy (non-hydrogen) atoms. The molecule has 1 N–H and O–H groups in total. The Balaban J connectivity index is 1.62. The number of ether oxygens (including phenoxy) is 2. The van der Waals surface area contributed by atoms with Gasteiger partial charge in [0.1, 0.15) is 21.8 Å². The molecule has 6 nitrogen and oxygen atoms in total. The van der Waals surface area contributed by atoms with Crippen molar-refractivity contribution in [2.24, 2.45) is 0 Å². The molecule has 1 fully saturated rings. The zero-order valence-electron chi connectivity index (χ0n) is 18.7. The topological polar surface area (TPSA) is 67.9 Å². The van der Waals surface area contributed by atoms with E-state index in [1.807, 2.05) is 11.9 Å². The Hall–Kier alpha value is -2.47. The van der Waals surface area contributed by atoms with E-state index in [1.54, 1.807) is 24.3 Å². The van der Waals surface area contributed by atoms with Crippen LogP contribution < -0.4 is 14.2 Å². The number of likely N-dealkylation sites (N-methyl/N-ethyl adjacent to an activating group) is 1. The zero-order valence-corrected chi connectivity index (χ0v) is 21.1. The van der Waals surface area contributed by atoms with E-state index in [-0.39, 0.29) is 14.9 Å². The molecule has 0 bridgehead atoms. The minimum Gasteiger partial charge on any atom is -0.497 e. The molecule has 1 aliphatic rings. The van der Waals surface area contributed by atoms with Gasteiger partial charge in [0, 0.05) is 19.2 Å². The molecule has 2 aromatic carbocycles. The van der Waals surface area contributed by atoms with E-state index in [0.717, 1.165) is 29.5 Å². The summed E-state index contributed by atoms with van der Waals surface area (Å²) in [6.07, 6.45) is -4.50. The Morgan fingerprint density at radius 2 is 1.94 bits per heavy atom. The van der Waals surface area contributed by atoms with E-state index >= 15 is 0 Å². The Kier molecular flexibility index (Phi) is 7.23. The smallest absolute Gasteiger partial charge is 0.419 e. The number of hydrogen-bond acceptors (Lipinski definition) is 6. The first kappa shape index (κ1) is 25.6. The molecule has 2 heterocycles. The highest BCUT2D eigenvalue weighted by atomic mass is 35.5. The van der Waals surface area contributed by atoms with Crippen molar-refractivity contribution < 1.29 is 31.1 Å². The molecule has 0 aliphatic carbocycles. The summed E-state index contributed by atoms with van der Waals surface area (Å²) in [5, 5.41) is 0.227. The maximum atomic E-state index is 13.5. The van der Waals surface area contributed by atoms with Crippen LogP contribution in [0.1, 0.15) is 12.0 Å². The molecule has 1 atom stereocenters. The lowest BCUT2D eigenvalue weighted by atomic mass is 10.1. The monoisotopic (exact) mass is 546 g/mol. The number of nitrogens with one attached hydrogen (secondary N) is 1. The predicted molar refractivity (Wildman–Crippen MR) is 130 cm³/mol. The minimum absolute atomic E-state index is 0.0493. The Morgan fingerprint density at radius 1 is 1.17 bits per heavy atom. The molecule has 3 aromatic rings. The standard InChI is InChI=1S/C23H22ClF3N2O4S2/c1-29-9-8-17(13-29)33-20-11-15(6-7-18(20)23(25,26)27)28-35(30,31)21-12-19(24)22(34-21)14-4-3-5-16(10-14)32-2/h3-7,10-12,17,28H,8-9,13H2,1-2H3/t17-/m1/s1. The maximum absolute atomic E-state index is 13.5. The number of benzene rings is 2. The van der Waals surface area contributed by atoms with Gasteiger partial charge in [-0.2, -0.15) is 13.2 Å². The number of methoxy groups -OCH3 is 1. The molecule has 0 saturated carbocycles. The summed E-state index contributed by atoms with van der Waals surface area (Å²) in [6.45, 7) is 1.18. The largest absolute Gasteiger partial charge is 0.497 e. The van der Waals surface area contributed by atoms with E-state index in [9.17, 15) is 21.6 Å². The highest BCUT2D eigenvalue weighted by Gasteiger charge is 2.36. The number of likely N-dealkylation sites (tertiary alicyclic amines) is 1. The number of rotatable bonds is 7. The van der Waals surface area contributed by atoms with Crippen molar-refractivity contribution in [3.05, 3.63) is 59.1 Å². The van der Waals surface area contributed by atoms with Crippen LogP contribution in [0.5, 0.6) is 11.5 Å². The van der Waals surface area contributed by atoms with Crippen molar-refractivity contribution in [2.75, 3.05) is 32.0 Å².